The third-order valence-electron chi connectivity index (χ3n) is 5.36. The summed E-state index contributed by atoms with van der Waals surface area (Å²) in [4.78, 5) is 26.9. The molecule has 2 amide bonds. The van der Waals surface area contributed by atoms with Gasteiger partial charge in [-0.15, -0.1) is 0 Å². The van der Waals surface area contributed by atoms with Gasteiger partial charge in [-0.2, -0.15) is 0 Å². The molecule has 2 aromatic rings. The molecule has 0 aromatic heterocycles. The first kappa shape index (κ1) is 19.4. The molecule has 2 saturated carbocycles. The number of nitrogens with zero attached hydrogens (tertiary/aromatic N) is 1. The Kier molecular flexibility index (Phi) is 5.51. The molecule has 2 aromatic carbocycles. The Balaban J connectivity index is 1.40. The van der Waals surface area contributed by atoms with Gasteiger partial charge in [-0.1, -0.05) is 18.2 Å². The summed E-state index contributed by atoms with van der Waals surface area (Å²) in [5.41, 5.74) is 2.25. The van der Waals surface area contributed by atoms with Crippen molar-refractivity contribution in [1.29, 1.82) is 0 Å². The standard InChI is InChI=1S/C23H25FN2O3/c1-29-21-11-4-16(12-20(21)24)13-22(27)26(19-9-10-19)14-15-2-5-17(6-3-15)23(28)25-18-7-8-18/h2-6,11-12,18-19H,7-10,13-14H2,1H3,(H,25,28). The number of benzene rings is 2. The fourth-order valence-corrected chi connectivity index (χ4v) is 3.36. The van der Waals surface area contributed by atoms with Gasteiger partial charge in [0.15, 0.2) is 11.6 Å². The number of hydrogen-bond donors (Lipinski definition) is 1. The monoisotopic (exact) mass is 396 g/mol. The fourth-order valence-electron chi connectivity index (χ4n) is 3.36. The third kappa shape index (κ3) is 4.94. The number of carbonyl (C=O) groups excluding carboxylic acids is 2. The lowest BCUT2D eigenvalue weighted by atomic mass is 10.1. The van der Waals surface area contributed by atoms with Crippen molar-refractivity contribution < 1.29 is 18.7 Å². The van der Waals surface area contributed by atoms with E-state index in [2.05, 4.69) is 5.32 Å². The zero-order valence-corrected chi connectivity index (χ0v) is 16.5. The maximum absolute atomic E-state index is 13.9. The highest BCUT2D eigenvalue weighted by Crippen LogP contribution is 2.29. The lowest BCUT2D eigenvalue weighted by Crippen LogP contribution is -2.33. The predicted octanol–water partition coefficient (Wildman–Crippen LogP) is 3.46. The van der Waals surface area contributed by atoms with Crippen LogP contribution in [-0.2, 0) is 17.8 Å². The van der Waals surface area contributed by atoms with E-state index in [9.17, 15) is 14.0 Å². The summed E-state index contributed by atoms with van der Waals surface area (Å²) < 4.78 is 18.9. The van der Waals surface area contributed by atoms with Gasteiger partial charge in [0.1, 0.15) is 0 Å². The Bertz CT molecular complexity index is 905. The molecule has 29 heavy (non-hydrogen) atoms. The Labute approximate surface area is 169 Å². The second kappa shape index (κ2) is 8.23. The van der Waals surface area contributed by atoms with Crippen LogP contribution in [0.4, 0.5) is 4.39 Å². The lowest BCUT2D eigenvalue weighted by molar-refractivity contribution is -0.131. The van der Waals surface area contributed by atoms with Crippen LogP contribution in [-0.4, -0.2) is 35.9 Å². The molecule has 2 aliphatic carbocycles. The fraction of sp³-hybridized carbons (Fsp3) is 0.391. The van der Waals surface area contributed by atoms with Gasteiger partial charge in [0.05, 0.1) is 13.5 Å². The van der Waals surface area contributed by atoms with Crippen LogP contribution in [0.2, 0.25) is 0 Å². The molecule has 0 saturated heterocycles. The summed E-state index contributed by atoms with van der Waals surface area (Å²) in [6, 6.07) is 12.6. The molecule has 2 aliphatic rings. The van der Waals surface area contributed by atoms with E-state index >= 15 is 0 Å². The van der Waals surface area contributed by atoms with Crippen molar-refractivity contribution in [3.63, 3.8) is 0 Å². The Morgan fingerprint density at radius 1 is 1.07 bits per heavy atom. The number of amides is 2. The third-order valence-corrected chi connectivity index (χ3v) is 5.36. The van der Waals surface area contributed by atoms with Crippen LogP contribution in [0, 0.1) is 5.82 Å². The highest BCUT2D eigenvalue weighted by atomic mass is 19.1. The molecular weight excluding hydrogens is 371 g/mol. The minimum absolute atomic E-state index is 0.0207. The quantitative estimate of drug-likeness (QED) is 0.743. The average molecular weight is 396 g/mol. The smallest absolute Gasteiger partial charge is 0.251 e. The molecule has 0 atom stereocenters. The van der Waals surface area contributed by atoms with E-state index in [0.717, 1.165) is 31.2 Å². The van der Waals surface area contributed by atoms with E-state index in [1.54, 1.807) is 24.3 Å². The van der Waals surface area contributed by atoms with E-state index in [0.29, 0.717) is 23.7 Å². The van der Waals surface area contributed by atoms with Crippen molar-refractivity contribution in [2.45, 2.75) is 50.7 Å². The van der Waals surface area contributed by atoms with Crippen molar-refractivity contribution >= 4 is 11.8 Å². The topological polar surface area (TPSA) is 58.6 Å². The molecule has 1 N–H and O–H groups in total. The van der Waals surface area contributed by atoms with Crippen LogP contribution in [0.3, 0.4) is 0 Å². The van der Waals surface area contributed by atoms with Gasteiger partial charge in [-0.25, -0.2) is 4.39 Å². The number of methoxy groups -OCH3 is 1. The maximum atomic E-state index is 13.9. The van der Waals surface area contributed by atoms with Crippen molar-refractivity contribution in [3.05, 3.63) is 65.0 Å². The molecular formula is C23H25FN2O3. The zero-order chi connectivity index (χ0) is 20.4. The number of hydrogen-bond acceptors (Lipinski definition) is 3. The molecule has 2 fully saturated rings. The van der Waals surface area contributed by atoms with Gasteiger partial charge < -0.3 is 15.0 Å². The van der Waals surface area contributed by atoms with Crippen molar-refractivity contribution in [3.8, 4) is 5.75 Å². The number of rotatable bonds is 8. The van der Waals surface area contributed by atoms with Crippen molar-refractivity contribution in [2.75, 3.05) is 7.11 Å². The van der Waals surface area contributed by atoms with Crippen molar-refractivity contribution in [1.82, 2.24) is 10.2 Å². The Morgan fingerprint density at radius 3 is 2.34 bits per heavy atom. The Hall–Kier alpha value is -2.89. The van der Waals surface area contributed by atoms with Crippen LogP contribution in [0.1, 0.15) is 47.2 Å². The molecule has 0 unspecified atom stereocenters. The van der Waals surface area contributed by atoms with Crippen LogP contribution in [0.15, 0.2) is 42.5 Å². The minimum atomic E-state index is -0.462. The van der Waals surface area contributed by atoms with Gasteiger partial charge in [-0.05, 0) is 61.1 Å². The highest BCUT2D eigenvalue weighted by molar-refractivity contribution is 5.94. The first-order valence-corrected chi connectivity index (χ1v) is 10.0. The lowest BCUT2D eigenvalue weighted by Gasteiger charge is -2.23. The van der Waals surface area contributed by atoms with Gasteiger partial charge in [-0.3, -0.25) is 9.59 Å². The number of ether oxygens (including phenoxy) is 1. The summed E-state index contributed by atoms with van der Waals surface area (Å²) in [5.74, 6) is -0.356. The first-order valence-electron chi connectivity index (χ1n) is 10.0. The van der Waals surface area contributed by atoms with E-state index in [-0.39, 0.29) is 30.0 Å². The minimum Gasteiger partial charge on any atom is -0.494 e. The number of halogens is 1. The number of nitrogens with one attached hydrogen (secondary N) is 1. The largest absolute Gasteiger partial charge is 0.494 e. The zero-order valence-electron chi connectivity index (χ0n) is 16.5. The van der Waals surface area contributed by atoms with E-state index < -0.39 is 5.82 Å². The Morgan fingerprint density at radius 2 is 1.76 bits per heavy atom. The molecule has 0 heterocycles. The molecule has 6 heteroatoms. The van der Waals surface area contributed by atoms with Gasteiger partial charge >= 0.3 is 0 Å². The average Bonchev–Trinajstić information content (AvgIpc) is 3.61. The summed E-state index contributed by atoms with van der Waals surface area (Å²) in [6.45, 7) is 0.493. The molecule has 0 bridgehead atoms. The van der Waals surface area contributed by atoms with Crippen molar-refractivity contribution in [2.24, 2.45) is 0 Å². The van der Waals surface area contributed by atoms with E-state index in [4.69, 9.17) is 4.74 Å². The predicted molar refractivity (Wildman–Crippen MR) is 107 cm³/mol. The summed E-state index contributed by atoms with van der Waals surface area (Å²) in [6.07, 6.45) is 4.25. The van der Waals surface area contributed by atoms with Crippen LogP contribution >= 0.6 is 0 Å². The molecule has 0 aliphatic heterocycles. The van der Waals surface area contributed by atoms with Crippen LogP contribution < -0.4 is 10.1 Å². The van der Waals surface area contributed by atoms with Gasteiger partial charge in [0.25, 0.3) is 5.91 Å². The normalized spacial score (nSPS) is 15.7. The summed E-state index contributed by atoms with van der Waals surface area (Å²) in [7, 11) is 1.42. The van der Waals surface area contributed by atoms with Crippen LogP contribution in [0.25, 0.3) is 0 Å². The molecule has 5 nitrogen and oxygen atoms in total. The molecule has 4 rings (SSSR count). The highest BCUT2D eigenvalue weighted by Gasteiger charge is 2.32. The SMILES string of the molecule is COc1ccc(CC(=O)N(Cc2ccc(C(=O)NC3CC3)cc2)C2CC2)cc1F. The van der Waals surface area contributed by atoms with Gasteiger partial charge in [0, 0.05) is 24.2 Å². The maximum Gasteiger partial charge on any atom is 0.251 e. The molecule has 0 spiro atoms. The summed E-state index contributed by atoms with van der Waals surface area (Å²) in [5, 5.41) is 2.97. The second-order valence-electron chi connectivity index (χ2n) is 7.84. The molecule has 152 valence electrons. The molecule has 0 radical (unpaired) electrons. The second-order valence-corrected chi connectivity index (χ2v) is 7.84. The summed E-state index contributed by atoms with van der Waals surface area (Å²) >= 11 is 0. The van der Waals surface area contributed by atoms with Gasteiger partial charge in [0.2, 0.25) is 5.91 Å². The first-order chi connectivity index (χ1) is 14.0. The number of carbonyl (C=O) groups is 2. The van der Waals surface area contributed by atoms with E-state index in [1.165, 1.54) is 13.2 Å². The van der Waals surface area contributed by atoms with E-state index in [1.807, 2.05) is 17.0 Å². The van der Waals surface area contributed by atoms with Crippen LogP contribution in [0.5, 0.6) is 5.75 Å².